The number of aliphatic carboxylic acids is 1. The summed E-state index contributed by atoms with van der Waals surface area (Å²) in [5.74, 6) is -0.459. The monoisotopic (exact) mass is 284 g/mol. The number of rotatable bonds is 4. The zero-order valence-electron chi connectivity index (χ0n) is 13.3. The van der Waals surface area contributed by atoms with Gasteiger partial charge < -0.3 is 15.3 Å². The van der Waals surface area contributed by atoms with Crippen molar-refractivity contribution in [2.24, 2.45) is 17.3 Å². The van der Waals surface area contributed by atoms with Gasteiger partial charge in [0.2, 0.25) is 0 Å². The van der Waals surface area contributed by atoms with E-state index < -0.39 is 12.0 Å². The maximum atomic E-state index is 12.3. The number of hydrogen-bond donors (Lipinski definition) is 2. The van der Waals surface area contributed by atoms with Gasteiger partial charge in [0.25, 0.3) is 0 Å². The van der Waals surface area contributed by atoms with Crippen molar-refractivity contribution in [3.63, 3.8) is 0 Å². The molecule has 2 unspecified atom stereocenters. The van der Waals surface area contributed by atoms with Crippen LogP contribution in [0.15, 0.2) is 0 Å². The molecule has 1 aliphatic heterocycles. The summed E-state index contributed by atoms with van der Waals surface area (Å²) in [5, 5.41) is 12.2. The Morgan fingerprint density at radius 1 is 1.40 bits per heavy atom. The van der Waals surface area contributed by atoms with Gasteiger partial charge in [0.05, 0.1) is 0 Å². The summed E-state index contributed by atoms with van der Waals surface area (Å²) in [6.07, 6.45) is 1.73. The van der Waals surface area contributed by atoms with E-state index in [1.54, 1.807) is 0 Å². The van der Waals surface area contributed by atoms with Crippen LogP contribution in [0.2, 0.25) is 0 Å². The van der Waals surface area contributed by atoms with Crippen LogP contribution in [0.4, 0.5) is 4.79 Å². The molecule has 0 aromatic carbocycles. The number of piperidine rings is 1. The molecule has 1 fully saturated rings. The Morgan fingerprint density at radius 3 is 2.50 bits per heavy atom. The van der Waals surface area contributed by atoms with Crippen LogP contribution in [-0.2, 0) is 4.79 Å². The van der Waals surface area contributed by atoms with Crippen LogP contribution in [-0.4, -0.2) is 41.1 Å². The minimum atomic E-state index is -0.907. The third-order valence-corrected chi connectivity index (χ3v) is 4.71. The molecule has 5 heteroatoms. The fourth-order valence-electron chi connectivity index (χ4n) is 2.40. The van der Waals surface area contributed by atoms with Gasteiger partial charge in [-0.15, -0.1) is 0 Å². The maximum Gasteiger partial charge on any atom is 0.326 e. The second kappa shape index (κ2) is 6.46. The molecule has 0 spiro atoms. The number of carboxylic acid groups (broad SMARTS) is 1. The Balaban J connectivity index is 2.68. The van der Waals surface area contributed by atoms with Crippen LogP contribution < -0.4 is 5.32 Å². The quantitative estimate of drug-likeness (QED) is 0.833. The van der Waals surface area contributed by atoms with Gasteiger partial charge >= 0.3 is 12.0 Å². The Kier molecular flexibility index (Phi) is 5.42. The van der Waals surface area contributed by atoms with Gasteiger partial charge in [-0.1, -0.05) is 34.6 Å². The summed E-state index contributed by atoms with van der Waals surface area (Å²) < 4.78 is 0. The first-order chi connectivity index (χ1) is 9.16. The van der Waals surface area contributed by atoms with E-state index in [-0.39, 0.29) is 17.4 Å². The molecule has 0 aromatic heterocycles. The molecule has 0 aromatic rings. The average molecular weight is 284 g/mol. The van der Waals surface area contributed by atoms with Gasteiger partial charge in [-0.2, -0.15) is 0 Å². The predicted molar refractivity (Wildman–Crippen MR) is 78.5 cm³/mol. The van der Waals surface area contributed by atoms with Crippen molar-refractivity contribution in [2.75, 3.05) is 13.1 Å². The Hall–Kier alpha value is -1.26. The summed E-state index contributed by atoms with van der Waals surface area (Å²) in [7, 11) is 0. The summed E-state index contributed by atoms with van der Waals surface area (Å²) in [6.45, 7) is 11.4. The highest BCUT2D eigenvalue weighted by molar-refractivity contribution is 5.83. The highest BCUT2D eigenvalue weighted by Crippen LogP contribution is 2.26. The summed E-state index contributed by atoms with van der Waals surface area (Å²) in [5.41, 5.74) is -0.00418. The van der Waals surface area contributed by atoms with Gasteiger partial charge in [0.1, 0.15) is 6.04 Å². The molecule has 1 heterocycles. The van der Waals surface area contributed by atoms with Crippen molar-refractivity contribution in [1.82, 2.24) is 10.2 Å². The van der Waals surface area contributed by atoms with Crippen LogP contribution in [0.25, 0.3) is 0 Å². The molecule has 1 saturated heterocycles. The zero-order valence-corrected chi connectivity index (χ0v) is 13.3. The number of nitrogens with one attached hydrogen (secondary N) is 1. The smallest absolute Gasteiger partial charge is 0.326 e. The molecule has 0 saturated carbocycles. The lowest BCUT2D eigenvalue weighted by Gasteiger charge is -2.38. The Bertz CT molecular complexity index is 366. The molecule has 1 aliphatic rings. The van der Waals surface area contributed by atoms with Gasteiger partial charge in [0, 0.05) is 13.1 Å². The molecule has 0 bridgehead atoms. The molecule has 1 rings (SSSR count). The number of amides is 2. The van der Waals surface area contributed by atoms with Crippen molar-refractivity contribution in [3.8, 4) is 0 Å². The van der Waals surface area contributed by atoms with Crippen LogP contribution in [0.5, 0.6) is 0 Å². The number of likely N-dealkylation sites (tertiary alicyclic amines) is 1. The highest BCUT2D eigenvalue weighted by atomic mass is 16.4. The lowest BCUT2D eigenvalue weighted by atomic mass is 9.81. The summed E-state index contributed by atoms with van der Waals surface area (Å²) in [4.78, 5) is 25.1. The summed E-state index contributed by atoms with van der Waals surface area (Å²) in [6, 6.07) is -0.955. The second-order valence-corrected chi connectivity index (χ2v) is 6.90. The minimum absolute atomic E-state index is 0.00418. The molecular formula is C15H28N2O3. The number of carboxylic acids is 1. The van der Waals surface area contributed by atoms with Crippen LogP contribution in [0.3, 0.4) is 0 Å². The van der Waals surface area contributed by atoms with E-state index in [0.717, 1.165) is 12.8 Å². The van der Waals surface area contributed by atoms with Crippen LogP contribution in [0.1, 0.15) is 47.5 Å². The largest absolute Gasteiger partial charge is 0.480 e. The molecule has 2 atom stereocenters. The molecule has 0 aliphatic carbocycles. The molecule has 116 valence electrons. The van der Waals surface area contributed by atoms with Crippen molar-refractivity contribution >= 4 is 12.0 Å². The van der Waals surface area contributed by atoms with Gasteiger partial charge in [0.15, 0.2) is 0 Å². The predicted octanol–water partition coefficient (Wildman–Crippen LogP) is 2.56. The van der Waals surface area contributed by atoms with Gasteiger partial charge in [-0.3, -0.25) is 0 Å². The van der Waals surface area contributed by atoms with Crippen LogP contribution >= 0.6 is 0 Å². The molecule has 20 heavy (non-hydrogen) atoms. The standard InChI is InChI=1S/C15H28N2O3/c1-10(2)15(4,5)9-16-14(20)17-8-6-7-11(3)12(17)13(18)19/h10-12H,6-9H2,1-5H3,(H,16,20)(H,18,19). The van der Waals surface area contributed by atoms with Gasteiger partial charge in [-0.05, 0) is 30.1 Å². The van der Waals surface area contributed by atoms with Gasteiger partial charge in [-0.25, -0.2) is 9.59 Å². The topological polar surface area (TPSA) is 69.6 Å². The van der Waals surface area contributed by atoms with Crippen molar-refractivity contribution < 1.29 is 14.7 Å². The first kappa shape index (κ1) is 16.8. The second-order valence-electron chi connectivity index (χ2n) is 6.90. The number of nitrogens with zero attached hydrogens (tertiary/aromatic N) is 1. The average Bonchev–Trinajstić information content (AvgIpc) is 2.35. The first-order valence-electron chi connectivity index (χ1n) is 7.44. The van der Waals surface area contributed by atoms with E-state index in [2.05, 4.69) is 33.0 Å². The lowest BCUT2D eigenvalue weighted by molar-refractivity contribution is -0.145. The lowest BCUT2D eigenvalue weighted by Crippen LogP contribution is -2.56. The number of hydrogen-bond acceptors (Lipinski definition) is 2. The first-order valence-corrected chi connectivity index (χ1v) is 7.44. The van der Waals surface area contributed by atoms with E-state index in [0.29, 0.717) is 19.0 Å². The zero-order chi connectivity index (χ0) is 15.5. The molecule has 2 N–H and O–H groups in total. The summed E-state index contributed by atoms with van der Waals surface area (Å²) >= 11 is 0. The Labute approximate surface area is 121 Å². The van der Waals surface area contributed by atoms with Crippen LogP contribution in [0, 0.1) is 17.3 Å². The fourth-order valence-corrected chi connectivity index (χ4v) is 2.40. The Morgan fingerprint density at radius 2 is 2.00 bits per heavy atom. The third-order valence-electron chi connectivity index (χ3n) is 4.71. The van der Waals surface area contributed by atoms with E-state index in [1.807, 2.05) is 6.92 Å². The van der Waals surface area contributed by atoms with Crippen molar-refractivity contribution in [2.45, 2.75) is 53.5 Å². The van der Waals surface area contributed by atoms with Crippen molar-refractivity contribution in [1.29, 1.82) is 0 Å². The normalized spacial score (nSPS) is 23.8. The number of carbonyl (C=O) groups is 2. The van der Waals surface area contributed by atoms with Crippen molar-refractivity contribution in [3.05, 3.63) is 0 Å². The van der Waals surface area contributed by atoms with E-state index >= 15 is 0 Å². The highest BCUT2D eigenvalue weighted by Gasteiger charge is 2.37. The third kappa shape index (κ3) is 3.87. The molecular weight excluding hydrogens is 256 g/mol. The molecule has 2 amide bonds. The minimum Gasteiger partial charge on any atom is -0.480 e. The maximum absolute atomic E-state index is 12.3. The van der Waals surface area contributed by atoms with E-state index in [4.69, 9.17) is 0 Å². The fraction of sp³-hybridized carbons (Fsp3) is 0.867. The molecule has 5 nitrogen and oxygen atoms in total. The number of carbonyl (C=O) groups excluding carboxylic acids is 1. The number of urea groups is 1. The SMILES string of the molecule is CC1CCCN(C(=O)NCC(C)(C)C(C)C)C1C(=O)O. The van der Waals surface area contributed by atoms with E-state index in [1.165, 1.54) is 4.90 Å². The van der Waals surface area contributed by atoms with E-state index in [9.17, 15) is 14.7 Å². The molecule has 0 radical (unpaired) electrons.